The van der Waals surface area contributed by atoms with Gasteiger partial charge in [-0.25, -0.2) is 0 Å². The van der Waals surface area contributed by atoms with Gasteiger partial charge in [-0.1, -0.05) is 11.6 Å². The van der Waals surface area contributed by atoms with Gasteiger partial charge in [-0.05, 0) is 32.0 Å². The zero-order valence-corrected chi connectivity index (χ0v) is 14.6. The lowest BCUT2D eigenvalue weighted by molar-refractivity contribution is -0.119. The molecule has 2 rings (SSSR count). The molecule has 8 heteroatoms. The Labute approximate surface area is 146 Å². The molecule has 1 aromatic rings. The average Bonchev–Trinajstić information content (AvgIpc) is 2.59. The molecule has 1 saturated heterocycles. The molecule has 2 amide bonds. The molecule has 7 nitrogen and oxygen atoms in total. The second-order valence-electron chi connectivity index (χ2n) is 5.62. The summed E-state index contributed by atoms with van der Waals surface area (Å²) in [4.78, 5) is 25.4. The highest BCUT2D eigenvalue weighted by molar-refractivity contribution is 6.32. The third kappa shape index (κ3) is 4.30. The van der Waals surface area contributed by atoms with Gasteiger partial charge < -0.3 is 25.4 Å². The van der Waals surface area contributed by atoms with Crippen LogP contribution in [0.3, 0.4) is 0 Å². The van der Waals surface area contributed by atoms with Crippen molar-refractivity contribution in [2.24, 2.45) is 5.73 Å². The highest BCUT2D eigenvalue weighted by atomic mass is 35.5. The Bertz CT molecular complexity index is 624. The molecule has 1 atom stereocenters. The number of nitrogens with two attached hydrogens (primary N) is 1. The van der Waals surface area contributed by atoms with Crippen molar-refractivity contribution in [2.75, 3.05) is 33.9 Å². The summed E-state index contributed by atoms with van der Waals surface area (Å²) in [6, 6.07) is 3.37. The minimum absolute atomic E-state index is 0.114. The van der Waals surface area contributed by atoms with Crippen LogP contribution in [0.5, 0.6) is 11.5 Å². The Balaban J connectivity index is 2.22. The number of carbonyl (C=O) groups is 2. The monoisotopic (exact) mass is 355 g/mol. The number of hydrogen-bond acceptors (Lipinski definition) is 5. The van der Waals surface area contributed by atoms with E-state index in [0.717, 1.165) is 12.8 Å². The van der Waals surface area contributed by atoms with Crippen LogP contribution >= 0.6 is 11.6 Å². The van der Waals surface area contributed by atoms with E-state index in [9.17, 15) is 9.59 Å². The first-order valence-corrected chi connectivity index (χ1v) is 8.09. The first kappa shape index (κ1) is 18.4. The van der Waals surface area contributed by atoms with Crippen molar-refractivity contribution >= 4 is 23.4 Å². The number of carbonyl (C=O) groups excluding carboxylic acids is 2. The molecule has 1 aliphatic rings. The van der Waals surface area contributed by atoms with E-state index < -0.39 is 5.91 Å². The lowest BCUT2D eigenvalue weighted by Crippen LogP contribution is -2.46. The number of amides is 2. The second kappa shape index (κ2) is 8.21. The van der Waals surface area contributed by atoms with Crippen LogP contribution in [0.25, 0.3) is 0 Å². The zero-order valence-electron chi connectivity index (χ0n) is 13.8. The van der Waals surface area contributed by atoms with E-state index in [1.165, 1.54) is 13.2 Å². The molecule has 132 valence electrons. The number of primary amides is 1. The molecule has 0 aliphatic carbocycles. The van der Waals surface area contributed by atoms with Crippen molar-refractivity contribution in [3.05, 3.63) is 22.7 Å². The summed E-state index contributed by atoms with van der Waals surface area (Å²) in [5.74, 6) is -0.258. The number of hydrogen-bond donors (Lipinski definition) is 2. The molecule has 0 radical (unpaired) electrons. The van der Waals surface area contributed by atoms with Crippen molar-refractivity contribution in [3.63, 3.8) is 0 Å². The molecular weight excluding hydrogens is 334 g/mol. The van der Waals surface area contributed by atoms with Crippen molar-refractivity contribution in [1.82, 2.24) is 10.2 Å². The summed E-state index contributed by atoms with van der Waals surface area (Å²) in [5.41, 5.74) is 5.49. The summed E-state index contributed by atoms with van der Waals surface area (Å²) in [6.07, 6.45) is 1.99. The molecule has 0 saturated carbocycles. The molecule has 1 fully saturated rings. The van der Waals surface area contributed by atoms with Gasteiger partial charge in [0.05, 0.1) is 12.1 Å². The Kier molecular flexibility index (Phi) is 6.28. The maximum absolute atomic E-state index is 12.7. The molecule has 3 N–H and O–H groups in total. The Morgan fingerprint density at radius 1 is 1.46 bits per heavy atom. The van der Waals surface area contributed by atoms with E-state index in [4.69, 9.17) is 26.8 Å². The van der Waals surface area contributed by atoms with Gasteiger partial charge in [-0.15, -0.1) is 0 Å². The van der Waals surface area contributed by atoms with Crippen molar-refractivity contribution in [3.8, 4) is 11.5 Å². The lowest BCUT2D eigenvalue weighted by Gasteiger charge is -2.32. The molecule has 0 unspecified atom stereocenters. The van der Waals surface area contributed by atoms with Crippen LogP contribution in [0.15, 0.2) is 12.1 Å². The summed E-state index contributed by atoms with van der Waals surface area (Å²) >= 11 is 6.20. The van der Waals surface area contributed by atoms with Crippen LogP contribution in [0.2, 0.25) is 5.02 Å². The Hall–Kier alpha value is -1.99. The number of halogens is 1. The Morgan fingerprint density at radius 3 is 2.83 bits per heavy atom. The SMILES string of the molecule is CN[C@H]1CCCN(C(=O)c2cc(Cl)c(OCC(N)=O)c(OC)c2)C1. The number of piperidine rings is 1. The molecule has 1 heterocycles. The van der Waals surface area contributed by atoms with Crippen LogP contribution in [-0.4, -0.2) is 56.6 Å². The number of methoxy groups -OCH3 is 1. The van der Waals surface area contributed by atoms with E-state index >= 15 is 0 Å². The molecule has 1 aliphatic heterocycles. The number of benzene rings is 1. The standard InChI is InChI=1S/C16H22ClN3O4/c1-19-11-4-3-5-20(8-11)16(22)10-6-12(17)15(13(7-10)23-2)24-9-14(18)21/h6-7,11,19H,3-5,8-9H2,1-2H3,(H2,18,21)/t11-/m0/s1. The fraction of sp³-hybridized carbons (Fsp3) is 0.500. The number of nitrogens with one attached hydrogen (secondary N) is 1. The molecule has 0 aromatic heterocycles. The van der Waals surface area contributed by atoms with Gasteiger partial charge in [0, 0.05) is 24.7 Å². The highest BCUT2D eigenvalue weighted by Gasteiger charge is 2.25. The minimum atomic E-state index is -0.625. The third-order valence-corrected chi connectivity index (χ3v) is 4.23. The van der Waals surface area contributed by atoms with Gasteiger partial charge in [0.2, 0.25) is 0 Å². The van der Waals surface area contributed by atoms with Crippen LogP contribution in [-0.2, 0) is 4.79 Å². The normalized spacial score (nSPS) is 17.5. The first-order valence-electron chi connectivity index (χ1n) is 7.71. The summed E-state index contributed by atoms with van der Waals surface area (Å²) < 4.78 is 10.5. The van der Waals surface area contributed by atoms with E-state index in [0.29, 0.717) is 24.7 Å². The van der Waals surface area contributed by atoms with Crippen molar-refractivity contribution in [1.29, 1.82) is 0 Å². The van der Waals surface area contributed by atoms with Crippen LogP contribution in [0.1, 0.15) is 23.2 Å². The van der Waals surface area contributed by atoms with Gasteiger partial charge in [0.25, 0.3) is 11.8 Å². The van der Waals surface area contributed by atoms with Crippen LogP contribution in [0.4, 0.5) is 0 Å². The van der Waals surface area contributed by atoms with E-state index in [1.807, 2.05) is 7.05 Å². The third-order valence-electron chi connectivity index (χ3n) is 3.95. The van der Waals surface area contributed by atoms with Crippen LogP contribution in [0, 0.1) is 0 Å². The summed E-state index contributed by atoms with van der Waals surface area (Å²) in [6.45, 7) is 1.03. The van der Waals surface area contributed by atoms with Gasteiger partial charge in [0.1, 0.15) is 0 Å². The largest absolute Gasteiger partial charge is 0.493 e. The quantitative estimate of drug-likeness (QED) is 0.795. The number of rotatable bonds is 6. The number of likely N-dealkylation sites (tertiary alicyclic amines) is 1. The molecule has 0 bridgehead atoms. The lowest BCUT2D eigenvalue weighted by atomic mass is 10.0. The predicted molar refractivity (Wildman–Crippen MR) is 90.7 cm³/mol. The van der Waals surface area contributed by atoms with E-state index in [-0.39, 0.29) is 29.0 Å². The van der Waals surface area contributed by atoms with Crippen molar-refractivity contribution < 1.29 is 19.1 Å². The fourth-order valence-corrected chi connectivity index (χ4v) is 2.97. The van der Waals surface area contributed by atoms with Crippen LogP contribution < -0.4 is 20.5 Å². The van der Waals surface area contributed by atoms with Crippen molar-refractivity contribution in [2.45, 2.75) is 18.9 Å². The van der Waals surface area contributed by atoms with E-state index in [2.05, 4.69) is 5.32 Å². The highest BCUT2D eigenvalue weighted by Crippen LogP contribution is 2.36. The van der Waals surface area contributed by atoms with Gasteiger partial charge in [-0.2, -0.15) is 0 Å². The fourth-order valence-electron chi connectivity index (χ4n) is 2.71. The second-order valence-corrected chi connectivity index (χ2v) is 6.03. The summed E-state index contributed by atoms with van der Waals surface area (Å²) in [5, 5.41) is 3.40. The molecule has 24 heavy (non-hydrogen) atoms. The topological polar surface area (TPSA) is 93.9 Å². The summed E-state index contributed by atoms with van der Waals surface area (Å²) in [7, 11) is 3.33. The smallest absolute Gasteiger partial charge is 0.255 e. The number of ether oxygens (including phenoxy) is 2. The predicted octanol–water partition coefficient (Wildman–Crippen LogP) is 1.04. The zero-order chi connectivity index (χ0) is 17.7. The van der Waals surface area contributed by atoms with Gasteiger partial charge in [-0.3, -0.25) is 9.59 Å². The number of likely N-dealkylation sites (N-methyl/N-ethyl adjacent to an activating group) is 1. The maximum Gasteiger partial charge on any atom is 0.255 e. The van der Waals surface area contributed by atoms with E-state index in [1.54, 1.807) is 11.0 Å². The Morgan fingerprint density at radius 2 is 2.21 bits per heavy atom. The molecular formula is C16H22ClN3O4. The van der Waals surface area contributed by atoms with Gasteiger partial charge in [0.15, 0.2) is 18.1 Å². The number of nitrogens with zero attached hydrogens (tertiary/aromatic N) is 1. The van der Waals surface area contributed by atoms with Gasteiger partial charge >= 0.3 is 0 Å². The maximum atomic E-state index is 12.7. The molecule has 0 spiro atoms. The molecule has 1 aromatic carbocycles. The first-order chi connectivity index (χ1) is 11.5. The minimum Gasteiger partial charge on any atom is -0.493 e. The average molecular weight is 356 g/mol.